The fourth-order valence-corrected chi connectivity index (χ4v) is 2.61. The van der Waals surface area contributed by atoms with E-state index in [4.69, 9.17) is 9.26 Å². The van der Waals surface area contributed by atoms with E-state index in [0.717, 1.165) is 31.5 Å². The predicted octanol–water partition coefficient (Wildman–Crippen LogP) is 2.98. The van der Waals surface area contributed by atoms with E-state index in [1.807, 2.05) is 13.8 Å². The van der Waals surface area contributed by atoms with Gasteiger partial charge in [-0.25, -0.2) is 4.99 Å². The number of piperidine rings is 1. The summed E-state index contributed by atoms with van der Waals surface area (Å²) >= 11 is 0. The van der Waals surface area contributed by atoms with Crippen LogP contribution in [0, 0.1) is 5.92 Å². The van der Waals surface area contributed by atoms with Gasteiger partial charge in [0.05, 0.1) is 0 Å². The van der Waals surface area contributed by atoms with Crippen molar-refractivity contribution in [2.45, 2.75) is 53.2 Å². The number of aromatic nitrogens is 2. The van der Waals surface area contributed by atoms with E-state index < -0.39 is 0 Å². The molecule has 24 heavy (non-hydrogen) atoms. The second kappa shape index (κ2) is 10.9. The van der Waals surface area contributed by atoms with Crippen molar-refractivity contribution in [2.24, 2.45) is 10.9 Å². The lowest BCUT2D eigenvalue weighted by Gasteiger charge is -2.32. The molecule has 0 saturated carbocycles. The maximum Gasteiger partial charge on any atom is 0.248 e. The summed E-state index contributed by atoms with van der Waals surface area (Å²) in [6, 6.07) is 0. The lowest BCUT2D eigenvalue weighted by molar-refractivity contribution is 0.0683. The normalized spacial score (nSPS) is 17.5. The molecule has 0 aliphatic carbocycles. The molecule has 138 valence electrons. The zero-order valence-electron chi connectivity index (χ0n) is 15.1. The van der Waals surface area contributed by atoms with Crippen molar-refractivity contribution in [2.75, 3.05) is 26.2 Å². The largest absolute Gasteiger partial charge is 0.371 e. The topological polar surface area (TPSA) is 75.8 Å². The van der Waals surface area contributed by atoms with Crippen molar-refractivity contribution in [3.05, 3.63) is 11.7 Å². The van der Waals surface area contributed by atoms with Crippen LogP contribution in [0.15, 0.2) is 9.52 Å². The first-order valence-corrected chi connectivity index (χ1v) is 8.61. The standard InChI is InChI=1S/C16H29N5O2.HI/c1-5-17-16(21-9-7-12(3)8-10-21)18-11-14-19-15(20-23-14)13(4)22-6-2;/h12-13H,5-11H2,1-4H3,(H,17,18);1H. The van der Waals surface area contributed by atoms with Gasteiger partial charge in [0, 0.05) is 26.2 Å². The first-order valence-electron chi connectivity index (χ1n) is 8.61. The van der Waals surface area contributed by atoms with Crippen LogP contribution in [0.4, 0.5) is 0 Å². The second-order valence-electron chi connectivity index (χ2n) is 5.98. The van der Waals surface area contributed by atoms with Crippen molar-refractivity contribution in [1.82, 2.24) is 20.4 Å². The molecular weight excluding hydrogens is 421 g/mol. The molecule has 0 bridgehead atoms. The molecule has 1 aromatic rings. The molecular formula is C16H30IN5O2. The number of ether oxygens (including phenoxy) is 1. The Morgan fingerprint density at radius 1 is 1.42 bits per heavy atom. The Bertz CT molecular complexity index is 500. The van der Waals surface area contributed by atoms with Gasteiger partial charge in [-0.3, -0.25) is 0 Å². The number of hydrogen-bond acceptors (Lipinski definition) is 5. The Labute approximate surface area is 161 Å². The van der Waals surface area contributed by atoms with E-state index >= 15 is 0 Å². The summed E-state index contributed by atoms with van der Waals surface area (Å²) in [5.74, 6) is 2.82. The molecule has 1 saturated heterocycles. The molecule has 1 aromatic heterocycles. The van der Waals surface area contributed by atoms with Crippen molar-refractivity contribution in [3.63, 3.8) is 0 Å². The second-order valence-corrected chi connectivity index (χ2v) is 5.98. The Balaban J connectivity index is 0.00000288. The van der Waals surface area contributed by atoms with Crippen molar-refractivity contribution < 1.29 is 9.26 Å². The molecule has 1 aliphatic rings. The zero-order chi connectivity index (χ0) is 16.7. The minimum atomic E-state index is -0.154. The summed E-state index contributed by atoms with van der Waals surface area (Å²) in [4.78, 5) is 11.3. The van der Waals surface area contributed by atoms with E-state index in [0.29, 0.717) is 24.9 Å². The quantitative estimate of drug-likeness (QED) is 0.407. The Kier molecular flexibility index (Phi) is 9.57. The van der Waals surface area contributed by atoms with Crippen LogP contribution in [0.5, 0.6) is 0 Å². The molecule has 8 heteroatoms. The fourth-order valence-electron chi connectivity index (χ4n) is 2.61. The smallest absolute Gasteiger partial charge is 0.248 e. The maximum atomic E-state index is 5.47. The highest BCUT2D eigenvalue weighted by Gasteiger charge is 2.19. The minimum absolute atomic E-state index is 0. The van der Waals surface area contributed by atoms with Gasteiger partial charge in [-0.05, 0) is 39.5 Å². The molecule has 2 rings (SSSR count). The lowest BCUT2D eigenvalue weighted by Crippen LogP contribution is -2.45. The highest BCUT2D eigenvalue weighted by molar-refractivity contribution is 14.0. The van der Waals surface area contributed by atoms with Crippen molar-refractivity contribution in [1.29, 1.82) is 0 Å². The van der Waals surface area contributed by atoms with Gasteiger partial charge in [-0.15, -0.1) is 24.0 Å². The third-order valence-corrected chi connectivity index (χ3v) is 4.05. The number of hydrogen-bond donors (Lipinski definition) is 1. The van der Waals surface area contributed by atoms with E-state index in [2.05, 4.69) is 39.2 Å². The fraction of sp³-hybridized carbons (Fsp3) is 0.812. The van der Waals surface area contributed by atoms with Gasteiger partial charge in [0.15, 0.2) is 11.8 Å². The van der Waals surface area contributed by atoms with E-state index in [1.165, 1.54) is 12.8 Å². The third kappa shape index (κ3) is 6.19. The molecule has 0 aromatic carbocycles. The first kappa shape index (κ1) is 21.1. The summed E-state index contributed by atoms with van der Waals surface area (Å²) in [6.07, 6.45) is 2.26. The van der Waals surface area contributed by atoms with Crippen molar-refractivity contribution in [3.8, 4) is 0 Å². The minimum Gasteiger partial charge on any atom is -0.371 e. The van der Waals surface area contributed by atoms with Gasteiger partial charge in [-0.1, -0.05) is 12.1 Å². The molecule has 7 nitrogen and oxygen atoms in total. The van der Waals surface area contributed by atoms with Crippen LogP contribution in [0.1, 0.15) is 58.4 Å². The first-order chi connectivity index (χ1) is 11.1. The van der Waals surface area contributed by atoms with Gasteiger partial charge in [-0.2, -0.15) is 4.98 Å². The predicted molar refractivity (Wildman–Crippen MR) is 105 cm³/mol. The molecule has 1 aliphatic heterocycles. The Morgan fingerprint density at radius 2 is 2.12 bits per heavy atom. The van der Waals surface area contributed by atoms with Crippen LogP contribution in [-0.4, -0.2) is 47.2 Å². The number of halogens is 1. The molecule has 0 spiro atoms. The van der Waals surface area contributed by atoms with Crippen LogP contribution in [0.2, 0.25) is 0 Å². The highest BCUT2D eigenvalue weighted by atomic mass is 127. The Morgan fingerprint density at radius 3 is 2.75 bits per heavy atom. The number of aliphatic imine (C=N–C) groups is 1. The van der Waals surface area contributed by atoms with Gasteiger partial charge >= 0.3 is 0 Å². The molecule has 2 heterocycles. The van der Waals surface area contributed by atoms with Crippen LogP contribution in [0.3, 0.4) is 0 Å². The highest BCUT2D eigenvalue weighted by Crippen LogP contribution is 2.16. The van der Waals surface area contributed by atoms with Crippen LogP contribution in [-0.2, 0) is 11.3 Å². The monoisotopic (exact) mass is 451 g/mol. The maximum absolute atomic E-state index is 5.47. The van der Waals surface area contributed by atoms with Gasteiger partial charge < -0.3 is 19.5 Å². The van der Waals surface area contributed by atoms with Crippen molar-refractivity contribution >= 4 is 29.9 Å². The number of likely N-dealkylation sites (tertiary alicyclic amines) is 1. The van der Waals surface area contributed by atoms with Gasteiger partial charge in [0.1, 0.15) is 12.6 Å². The van der Waals surface area contributed by atoms with Crippen LogP contribution < -0.4 is 5.32 Å². The zero-order valence-corrected chi connectivity index (χ0v) is 17.4. The lowest BCUT2D eigenvalue weighted by atomic mass is 10.00. The van der Waals surface area contributed by atoms with E-state index in [-0.39, 0.29) is 30.1 Å². The third-order valence-electron chi connectivity index (χ3n) is 4.05. The number of nitrogens with one attached hydrogen (secondary N) is 1. The molecule has 0 radical (unpaired) electrons. The average Bonchev–Trinajstić information content (AvgIpc) is 3.02. The molecule has 1 fully saturated rings. The summed E-state index contributed by atoms with van der Waals surface area (Å²) in [6.45, 7) is 12.2. The number of rotatable bonds is 6. The van der Waals surface area contributed by atoms with Gasteiger partial charge in [0.25, 0.3) is 0 Å². The van der Waals surface area contributed by atoms with Gasteiger partial charge in [0.2, 0.25) is 5.89 Å². The summed E-state index contributed by atoms with van der Waals surface area (Å²) in [5, 5.41) is 7.32. The van der Waals surface area contributed by atoms with E-state index in [1.54, 1.807) is 0 Å². The summed E-state index contributed by atoms with van der Waals surface area (Å²) < 4.78 is 10.7. The average molecular weight is 451 g/mol. The number of nitrogens with zero attached hydrogens (tertiary/aromatic N) is 4. The molecule has 0 amide bonds. The van der Waals surface area contributed by atoms with Crippen LogP contribution in [0.25, 0.3) is 0 Å². The number of guanidine groups is 1. The van der Waals surface area contributed by atoms with Crippen LogP contribution >= 0.6 is 24.0 Å². The van der Waals surface area contributed by atoms with E-state index in [9.17, 15) is 0 Å². The summed E-state index contributed by atoms with van der Waals surface area (Å²) in [5.41, 5.74) is 0. The Hall–Kier alpha value is -0.900. The summed E-state index contributed by atoms with van der Waals surface area (Å²) in [7, 11) is 0. The molecule has 1 atom stereocenters. The molecule has 1 unspecified atom stereocenters. The SMILES string of the molecule is CCNC(=NCc1nc(C(C)OCC)no1)N1CCC(C)CC1.I. The molecule has 1 N–H and O–H groups in total.